The molecule has 0 spiro atoms. The van der Waals surface area contributed by atoms with Crippen molar-refractivity contribution in [3.8, 4) is 5.88 Å². The van der Waals surface area contributed by atoms with Crippen LogP contribution in [0.15, 0.2) is 24.4 Å². The molecular weight excluding hydrogens is 328 g/mol. The fraction of sp³-hybridized carbons (Fsp3) is 0.500. The predicted molar refractivity (Wildman–Crippen MR) is 103 cm³/mol. The molecule has 1 aromatic heterocycles. The summed E-state index contributed by atoms with van der Waals surface area (Å²) >= 11 is 0. The SMILES string of the molecule is CC(=O)N(C)CCN1CCC(N2CCc3cnc(O)c4cccc2c34)C1. The summed E-state index contributed by atoms with van der Waals surface area (Å²) in [6, 6.07) is 6.60. The maximum absolute atomic E-state index is 11.4. The maximum atomic E-state index is 11.4. The molecule has 1 saturated heterocycles. The molecule has 0 bridgehead atoms. The van der Waals surface area contributed by atoms with Gasteiger partial charge < -0.3 is 14.9 Å². The van der Waals surface area contributed by atoms with Crippen molar-refractivity contribution >= 4 is 22.4 Å². The van der Waals surface area contributed by atoms with Crippen LogP contribution in [0.25, 0.3) is 10.8 Å². The monoisotopic (exact) mass is 354 g/mol. The van der Waals surface area contributed by atoms with Crippen LogP contribution in [0.3, 0.4) is 0 Å². The van der Waals surface area contributed by atoms with Crippen LogP contribution in [-0.2, 0) is 11.2 Å². The van der Waals surface area contributed by atoms with Crippen molar-refractivity contribution in [1.29, 1.82) is 0 Å². The van der Waals surface area contributed by atoms with Crippen LogP contribution in [0.4, 0.5) is 5.69 Å². The molecule has 1 aromatic carbocycles. The van der Waals surface area contributed by atoms with Gasteiger partial charge in [0.2, 0.25) is 11.8 Å². The number of hydrogen-bond acceptors (Lipinski definition) is 5. The summed E-state index contributed by atoms with van der Waals surface area (Å²) in [4.78, 5) is 22.3. The average molecular weight is 354 g/mol. The lowest BCUT2D eigenvalue weighted by atomic mass is 9.97. The fourth-order valence-electron chi connectivity index (χ4n) is 4.23. The molecule has 1 unspecified atom stereocenters. The first kappa shape index (κ1) is 17.1. The van der Waals surface area contributed by atoms with Gasteiger partial charge in [-0.15, -0.1) is 0 Å². The standard InChI is InChI=1S/C20H26N4O2/c1-14(25)22(2)10-11-23-8-7-16(13-23)24-9-6-15-12-21-20(26)17-4-3-5-18(24)19(15)17/h3-5,12,16H,6-11,13H2,1-2H3,(H,21,26). The van der Waals surface area contributed by atoms with Gasteiger partial charge in [-0.05, 0) is 30.5 Å². The topological polar surface area (TPSA) is 59.9 Å². The van der Waals surface area contributed by atoms with Gasteiger partial charge >= 0.3 is 0 Å². The second-order valence-corrected chi connectivity index (χ2v) is 7.43. The Hall–Kier alpha value is -2.34. The average Bonchev–Trinajstić information content (AvgIpc) is 3.11. The van der Waals surface area contributed by atoms with E-state index in [2.05, 4.69) is 20.9 Å². The van der Waals surface area contributed by atoms with Crippen LogP contribution < -0.4 is 4.90 Å². The second kappa shape index (κ2) is 6.76. The molecule has 1 fully saturated rings. The first-order chi connectivity index (χ1) is 12.5. The van der Waals surface area contributed by atoms with Crippen LogP contribution >= 0.6 is 0 Å². The van der Waals surface area contributed by atoms with Crippen molar-refractivity contribution in [3.05, 3.63) is 30.0 Å². The Kier molecular flexibility index (Phi) is 4.44. The van der Waals surface area contributed by atoms with Gasteiger partial charge in [0.25, 0.3) is 0 Å². The highest BCUT2D eigenvalue weighted by Crippen LogP contribution is 2.38. The number of hydrogen-bond donors (Lipinski definition) is 1. The fourth-order valence-corrected chi connectivity index (χ4v) is 4.23. The van der Waals surface area contributed by atoms with Crippen molar-refractivity contribution in [3.63, 3.8) is 0 Å². The highest BCUT2D eigenvalue weighted by Gasteiger charge is 2.31. The molecule has 0 saturated carbocycles. The van der Waals surface area contributed by atoms with Crippen molar-refractivity contribution in [1.82, 2.24) is 14.8 Å². The normalized spacial score (nSPS) is 19.9. The first-order valence-corrected chi connectivity index (χ1v) is 9.35. The zero-order chi connectivity index (χ0) is 18.3. The van der Waals surface area contributed by atoms with Gasteiger partial charge in [-0.1, -0.05) is 6.07 Å². The van der Waals surface area contributed by atoms with Gasteiger partial charge in [0.1, 0.15) is 0 Å². The molecule has 6 heteroatoms. The van der Waals surface area contributed by atoms with Crippen molar-refractivity contribution in [2.75, 3.05) is 44.7 Å². The van der Waals surface area contributed by atoms with E-state index < -0.39 is 0 Å². The van der Waals surface area contributed by atoms with Crippen LogP contribution in [-0.4, -0.2) is 71.6 Å². The highest BCUT2D eigenvalue weighted by molar-refractivity contribution is 6.00. The Morgan fingerprint density at radius 2 is 2.23 bits per heavy atom. The van der Waals surface area contributed by atoms with Gasteiger partial charge in [0.05, 0.1) is 0 Å². The van der Waals surface area contributed by atoms with Crippen molar-refractivity contribution in [2.24, 2.45) is 0 Å². The third kappa shape index (κ3) is 2.98. The van der Waals surface area contributed by atoms with E-state index in [1.807, 2.05) is 25.4 Å². The number of pyridine rings is 1. The lowest BCUT2D eigenvalue weighted by Gasteiger charge is -2.36. The molecule has 26 heavy (non-hydrogen) atoms. The van der Waals surface area contributed by atoms with Crippen LogP contribution in [0.5, 0.6) is 5.88 Å². The van der Waals surface area contributed by atoms with E-state index >= 15 is 0 Å². The van der Waals surface area contributed by atoms with E-state index in [4.69, 9.17) is 0 Å². The summed E-state index contributed by atoms with van der Waals surface area (Å²) in [6.07, 6.45) is 3.91. The molecule has 2 aliphatic rings. The van der Waals surface area contributed by atoms with Crippen molar-refractivity contribution < 1.29 is 9.90 Å². The summed E-state index contributed by atoms with van der Waals surface area (Å²) in [5, 5.41) is 12.1. The number of carbonyl (C=O) groups is 1. The Morgan fingerprint density at radius 1 is 1.38 bits per heavy atom. The second-order valence-electron chi connectivity index (χ2n) is 7.43. The summed E-state index contributed by atoms with van der Waals surface area (Å²) in [5.74, 6) is 0.237. The molecule has 2 aromatic rings. The molecule has 1 amide bonds. The number of nitrogens with zero attached hydrogens (tertiary/aromatic N) is 4. The molecule has 1 N–H and O–H groups in total. The van der Waals surface area contributed by atoms with E-state index in [-0.39, 0.29) is 11.8 Å². The van der Waals surface area contributed by atoms with Gasteiger partial charge in [-0.25, -0.2) is 4.98 Å². The van der Waals surface area contributed by atoms with Crippen LogP contribution in [0, 0.1) is 0 Å². The largest absolute Gasteiger partial charge is 0.493 e. The molecule has 3 heterocycles. The number of aromatic nitrogens is 1. The minimum atomic E-state index is 0.118. The Labute approximate surface area is 154 Å². The number of likely N-dealkylation sites (N-methyl/N-ethyl adjacent to an activating group) is 1. The number of aromatic hydroxyl groups is 1. The maximum Gasteiger partial charge on any atom is 0.219 e. The van der Waals surface area contributed by atoms with E-state index in [9.17, 15) is 9.90 Å². The number of rotatable bonds is 4. The Bertz CT molecular complexity index is 838. The Balaban J connectivity index is 1.52. The molecular formula is C20H26N4O2. The first-order valence-electron chi connectivity index (χ1n) is 9.35. The third-order valence-electron chi connectivity index (χ3n) is 5.86. The number of anilines is 1. The zero-order valence-corrected chi connectivity index (χ0v) is 15.5. The summed E-state index contributed by atoms with van der Waals surface area (Å²) in [5.41, 5.74) is 2.44. The summed E-state index contributed by atoms with van der Waals surface area (Å²) < 4.78 is 0. The summed E-state index contributed by atoms with van der Waals surface area (Å²) in [7, 11) is 1.86. The molecule has 1 atom stereocenters. The lowest BCUT2D eigenvalue weighted by molar-refractivity contribution is -0.127. The quantitative estimate of drug-likeness (QED) is 0.908. The molecule has 138 valence electrons. The van der Waals surface area contributed by atoms with Gasteiger partial charge in [-0.3, -0.25) is 9.69 Å². The number of likely N-dealkylation sites (tertiary alicyclic amines) is 1. The number of carbonyl (C=O) groups excluding carboxylic acids is 1. The van der Waals surface area contributed by atoms with E-state index in [1.54, 1.807) is 11.8 Å². The number of benzene rings is 1. The number of amides is 1. The summed E-state index contributed by atoms with van der Waals surface area (Å²) in [6.45, 7) is 6.39. The molecule has 2 aliphatic heterocycles. The zero-order valence-electron chi connectivity index (χ0n) is 15.5. The van der Waals surface area contributed by atoms with E-state index in [0.29, 0.717) is 6.04 Å². The smallest absolute Gasteiger partial charge is 0.219 e. The minimum Gasteiger partial charge on any atom is -0.493 e. The van der Waals surface area contributed by atoms with Crippen LogP contribution in [0.1, 0.15) is 18.9 Å². The Morgan fingerprint density at radius 3 is 3.04 bits per heavy atom. The molecule has 0 radical (unpaired) electrons. The van der Waals surface area contributed by atoms with Gasteiger partial charge in [-0.2, -0.15) is 0 Å². The minimum absolute atomic E-state index is 0.118. The van der Waals surface area contributed by atoms with E-state index in [1.165, 1.54) is 11.3 Å². The molecule has 0 aliphatic carbocycles. The van der Waals surface area contributed by atoms with Gasteiger partial charge in [0.15, 0.2) is 0 Å². The molecule has 6 nitrogen and oxygen atoms in total. The lowest BCUT2D eigenvalue weighted by Crippen LogP contribution is -2.41. The van der Waals surface area contributed by atoms with Crippen molar-refractivity contribution in [2.45, 2.75) is 25.8 Å². The van der Waals surface area contributed by atoms with E-state index in [0.717, 1.165) is 56.3 Å². The highest BCUT2D eigenvalue weighted by atomic mass is 16.3. The molecule has 4 rings (SSSR count). The van der Waals surface area contributed by atoms with Crippen LogP contribution in [0.2, 0.25) is 0 Å². The predicted octanol–water partition coefficient (Wildman–Crippen LogP) is 1.86. The van der Waals surface area contributed by atoms with Gasteiger partial charge in [0, 0.05) is 75.4 Å². The third-order valence-corrected chi connectivity index (χ3v) is 5.86.